The molecule has 21 heavy (non-hydrogen) atoms. The van der Waals surface area contributed by atoms with Crippen LogP contribution < -0.4 is 5.32 Å². The van der Waals surface area contributed by atoms with Gasteiger partial charge in [0.05, 0.1) is 6.20 Å². The van der Waals surface area contributed by atoms with Crippen LogP contribution in [0.2, 0.25) is 0 Å². The lowest BCUT2D eigenvalue weighted by Crippen LogP contribution is -2.16. The number of aromatic amines is 1. The summed E-state index contributed by atoms with van der Waals surface area (Å²) in [6.07, 6.45) is 14.8. The van der Waals surface area contributed by atoms with Crippen LogP contribution in [0.3, 0.4) is 0 Å². The lowest BCUT2D eigenvalue weighted by Gasteiger charge is -2.24. The summed E-state index contributed by atoms with van der Waals surface area (Å²) in [6.45, 7) is 3.03. The maximum absolute atomic E-state index is 4.48. The van der Waals surface area contributed by atoms with Crippen LogP contribution in [0.15, 0.2) is 18.6 Å². The molecule has 5 nitrogen and oxygen atoms in total. The molecule has 3 rings (SSSR count). The van der Waals surface area contributed by atoms with E-state index in [4.69, 9.17) is 0 Å². The predicted octanol–water partition coefficient (Wildman–Crippen LogP) is 3.46. The molecule has 1 fully saturated rings. The number of hydrogen-bond donors (Lipinski definition) is 2. The SMILES string of the molecule is Cc1[nH]ncc1CCCNc1nccn1C1CCCCC1. The maximum Gasteiger partial charge on any atom is 0.203 e. The van der Waals surface area contributed by atoms with Crippen molar-refractivity contribution in [3.05, 3.63) is 29.8 Å². The van der Waals surface area contributed by atoms with Crippen molar-refractivity contribution < 1.29 is 0 Å². The highest BCUT2D eigenvalue weighted by molar-refractivity contribution is 5.27. The Labute approximate surface area is 126 Å². The predicted molar refractivity (Wildman–Crippen MR) is 84.5 cm³/mol. The summed E-state index contributed by atoms with van der Waals surface area (Å²) >= 11 is 0. The second-order valence-corrected chi connectivity index (χ2v) is 6.00. The van der Waals surface area contributed by atoms with Gasteiger partial charge in [-0.15, -0.1) is 0 Å². The molecule has 2 heterocycles. The van der Waals surface area contributed by atoms with E-state index < -0.39 is 0 Å². The minimum absolute atomic E-state index is 0.639. The molecule has 1 saturated carbocycles. The van der Waals surface area contributed by atoms with Gasteiger partial charge in [-0.1, -0.05) is 19.3 Å². The van der Waals surface area contributed by atoms with Crippen LogP contribution in [0, 0.1) is 6.92 Å². The minimum Gasteiger partial charge on any atom is -0.356 e. The Bertz CT molecular complexity index is 551. The van der Waals surface area contributed by atoms with Crippen LogP contribution in [0.25, 0.3) is 0 Å². The Morgan fingerprint density at radius 3 is 2.95 bits per heavy atom. The minimum atomic E-state index is 0.639. The third-order valence-electron chi connectivity index (χ3n) is 4.48. The molecule has 0 aromatic carbocycles. The average Bonchev–Trinajstić information content (AvgIpc) is 3.14. The molecule has 0 aliphatic heterocycles. The van der Waals surface area contributed by atoms with Crippen LogP contribution in [-0.4, -0.2) is 26.3 Å². The first-order chi connectivity index (χ1) is 10.3. The van der Waals surface area contributed by atoms with Crippen molar-refractivity contribution in [1.82, 2.24) is 19.7 Å². The van der Waals surface area contributed by atoms with Crippen LogP contribution in [0.5, 0.6) is 0 Å². The van der Waals surface area contributed by atoms with Gasteiger partial charge >= 0.3 is 0 Å². The van der Waals surface area contributed by atoms with Crippen molar-refractivity contribution in [2.75, 3.05) is 11.9 Å². The second-order valence-electron chi connectivity index (χ2n) is 6.00. The molecule has 0 bridgehead atoms. The normalized spacial score (nSPS) is 16.2. The van der Waals surface area contributed by atoms with Crippen molar-refractivity contribution in [1.29, 1.82) is 0 Å². The van der Waals surface area contributed by atoms with Gasteiger partial charge in [0.15, 0.2) is 0 Å². The first-order valence-electron chi connectivity index (χ1n) is 8.10. The van der Waals surface area contributed by atoms with E-state index in [1.165, 1.54) is 43.4 Å². The van der Waals surface area contributed by atoms with E-state index in [9.17, 15) is 0 Å². The first kappa shape index (κ1) is 14.2. The van der Waals surface area contributed by atoms with Crippen molar-refractivity contribution in [2.24, 2.45) is 0 Å². The van der Waals surface area contributed by atoms with Gasteiger partial charge in [0.25, 0.3) is 0 Å². The zero-order valence-electron chi connectivity index (χ0n) is 12.8. The van der Waals surface area contributed by atoms with Gasteiger partial charge in [-0.05, 0) is 38.2 Å². The monoisotopic (exact) mass is 287 g/mol. The standard InChI is InChI=1S/C16H25N5/c1-13-14(12-19-20-13)6-5-9-17-16-18-10-11-21(16)15-7-3-2-4-8-15/h10-12,15H,2-9H2,1H3,(H,17,18)(H,19,20). The summed E-state index contributed by atoms with van der Waals surface area (Å²) in [6, 6.07) is 0.639. The average molecular weight is 287 g/mol. The van der Waals surface area contributed by atoms with Gasteiger partial charge in [-0.3, -0.25) is 5.10 Å². The molecule has 114 valence electrons. The summed E-state index contributed by atoms with van der Waals surface area (Å²) in [7, 11) is 0. The topological polar surface area (TPSA) is 58.5 Å². The number of H-pyrrole nitrogens is 1. The van der Waals surface area contributed by atoms with Crippen LogP contribution >= 0.6 is 0 Å². The molecule has 0 amide bonds. The zero-order valence-corrected chi connectivity index (χ0v) is 12.8. The highest BCUT2D eigenvalue weighted by Crippen LogP contribution is 2.30. The third-order valence-corrected chi connectivity index (χ3v) is 4.48. The summed E-state index contributed by atoms with van der Waals surface area (Å²) in [4.78, 5) is 4.48. The molecule has 2 N–H and O–H groups in total. The summed E-state index contributed by atoms with van der Waals surface area (Å²) in [5.74, 6) is 1.03. The van der Waals surface area contributed by atoms with Crippen LogP contribution in [0.1, 0.15) is 55.8 Å². The van der Waals surface area contributed by atoms with Crippen LogP contribution in [-0.2, 0) is 6.42 Å². The third kappa shape index (κ3) is 3.46. The Morgan fingerprint density at radius 2 is 2.19 bits per heavy atom. The Hall–Kier alpha value is -1.78. The van der Waals surface area contributed by atoms with E-state index in [0.717, 1.165) is 25.3 Å². The van der Waals surface area contributed by atoms with Crippen molar-refractivity contribution in [2.45, 2.75) is 57.9 Å². The number of rotatable bonds is 6. The van der Waals surface area contributed by atoms with Gasteiger partial charge in [-0.2, -0.15) is 5.10 Å². The van der Waals surface area contributed by atoms with Gasteiger partial charge in [0, 0.05) is 30.7 Å². The highest BCUT2D eigenvalue weighted by atomic mass is 15.2. The molecule has 5 heteroatoms. The lowest BCUT2D eigenvalue weighted by molar-refractivity contribution is 0.356. The molecule has 0 unspecified atom stereocenters. The first-order valence-corrected chi connectivity index (χ1v) is 8.10. The highest BCUT2D eigenvalue weighted by Gasteiger charge is 2.17. The Morgan fingerprint density at radius 1 is 1.33 bits per heavy atom. The van der Waals surface area contributed by atoms with E-state index in [-0.39, 0.29) is 0 Å². The van der Waals surface area contributed by atoms with Crippen LogP contribution in [0.4, 0.5) is 5.95 Å². The second kappa shape index (κ2) is 6.78. The van der Waals surface area contributed by atoms with Gasteiger partial charge in [0.2, 0.25) is 5.95 Å². The van der Waals surface area contributed by atoms with Crippen molar-refractivity contribution >= 4 is 5.95 Å². The number of aryl methyl sites for hydroxylation is 2. The number of nitrogens with one attached hydrogen (secondary N) is 2. The maximum atomic E-state index is 4.48. The summed E-state index contributed by atoms with van der Waals surface area (Å²) in [5, 5.41) is 10.5. The molecule has 0 radical (unpaired) electrons. The fraction of sp³-hybridized carbons (Fsp3) is 0.625. The molecule has 0 spiro atoms. The molecule has 0 saturated heterocycles. The molecule has 2 aromatic rings. The zero-order chi connectivity index (χ0) is 14.5. The number of hydrogen-bond acceptors (Lipinski definition) is 3. The number of nitrogens with zero attached hydrogens (tertiary/aromatic N) is 3. The van der Waals surface area contributed by atoms with Crippen molar-refractivity contribution in [3.63, 3.8) is 0 Å². The fourth-order valence-corrected chi connectivity index (χ4v) is 3.21. The van der Waals surface area contributed by atoms with Gasteiger partial charge < -0.3 is 9.88 Å². The Kier molecular flexibility index (Phi) is 4.58. The molecular weight excluding hydrogens is 262 g/mol. The van der Waals surface area contributed by atoms with Gasteiger partial charge in [-0.25, -0.2) is 4.98 Å². The van der Waals surface area contributed by atoms with E-state index in [0.29, 0.717) is 6.04 Å². The van der Waals surface area contributed by atoms with Crippen molar-refractivity contribution in [3.8, 4) is 0 Å². The smallest absolute Gasteiger partial charge is 0.203 e. The van der Waals surface area contributed by atoms with E-state index in [1.54, 1.807) is 0 Å². The van der Waals surface area contributed by atoms with E-state index in [2.05, 4.69) is 38.2 Å². The molecule has 2 aromatic heterocycles. The quantitative estimate of drug-likeness (QED) is 0.800. The number of imidazole rings is 1. The Balaban J connectivity index is 1.49. The largest absolute Gasteiger partial charge is 0.356 e. The van der Waals surface area contributed by atoms with E-state index in [1.807, 2.05) is 12.4 Å². The van der Waals surface area contributed by atoms with E-state index >= 15 is 0 Å². The molecule has 1 aliphatic rings. The molecular formula is C16H25N5. The number of anilines is 1. The lowest BCUT2D eigenvalue weighted by atomic mass is 9.95. The fourth-order valence-electron chi connectivity index (χ4n) is 3.21. The number of aromatic nitrogens is 4. The summed E-state index contributed by atoms with van der Waals surface area (Å²) < 4.78 is 2.34. The molecule has 0 atom stereocenters. The summed E-state index contributed by atoms with van der Waals surface area (Å²) in [5.41, 5.74) is 2.49. The van der Waals surface area contributed by atoms with Gasteiger partial charge in [0.1, 0.15) is 0 Å². The molecule has 1 aliphatic carbocycles.